The van der Waals surface area contributed by atoms with Crippen molar-refractivity contribution in [1.29, 1.82) is 0 Å². The fraction of sp³-hybridized carbons (Fsp3) is 0.500. The van der Waals surface area contributed by atoms with Crippen LogP contribution in [0.1, 0.15) is 11.8 Å². The van der Waals surface area contributed by atoms with Crippen molar-refractivity contribution in [3.8, 4) is 0 Å². The number of hydrogen-bond acceptors (Lipinski definition) is 8. The van der Waals surface area contributed by atoms with Gasteiger partial charge in [-0.2, -0.15) is 0 Å². The summed E-state index contributed by atoms with van der Waals surface area (Å²) in [6.07, 6.45) is -0.799. The SMILES string of the molecule is O=c1[nH]c(=O)n(C2OC(CO)C(O)C2O)cc1Cn1ccnn1. The van der Waals surface area contributed by atoms with Gasteiger partial charge >= 0.3 is 5.69 Å². The number of aromatic nitrogens is 5. The molecule has 4 N–H and O–H groups in total. The normalized spacial score (nSPS) is 27.4. The smallest absolute Gasteiger partial charge is 0.330 e. The lowest BCUT2D eigenvalue weighted by molar-refractivity contribution is -0.0551. The predicted octanol–water partition coefficient (Wildman–Crippen LogP) is -3.21. The van der Waals surface area contributed by atoms with E-state index >= 15 is 0 Å². The van der Waals surface area contributed by atoms with Crippen LogP contribution in [0.2, 0.25) is 0 Å². The summed E-state index contributed by atoms with van der Waals surface area (Å²) in [5.74, 6) is 0. The molecule has 0 radical (unpaired) electrons. The topological polar surface area (TPSA) is 155 Å². The third-order valence-corrected chi connectivity index (χ3v) is 3.64. The Morgan fingerprint density at radius 3 is 2.70 bits per heavy atom. The van der Waals surface area contributed by atoms with Crippen molar-refractivity contribution in [2.24, 2.45) is 0 Å². The Hall–Kier alpha value is -2.34. The van der Waals surface area contributed by atoms with E-state index in [1.54, 1.807) is 6.20 Å². The lowest BCUT2D eigenvalue weighted by atomic mass is 10.1. The Bertz CT molecular complexity index is 784. The van der Waals surface area contributed by atoms with E-state index in [1.165, 1.54) is 17.1 Å². The van der Waals surface area contributed by atoms with E-state index < -0.39 is 42.4 Å². The Labute approximate surface area is 128 Å². The molecule has 11 nitrogen and oxygen atoms in total. The third kappa shape index (κ3) is 2.82. The fourth-order valence-corrected chi connectivity index (χ4v) is 2.43. The van der Waals surface area contributed by atoms with E-state index in [9.17, 15) is 19.8 Å². The average Bonchev–Trinajstić information content (AvgIpc) is 3.12. The number of aliphatic hydroxyl groups excluding tert-OH is 3. The van der Waals surface area contributed by atoms with Crippen molar-refractivity contribution in [2.75, 3.05) is 6.61 Å². The van der Waals surface area contributed by atoms with Gasteiger partial charge in [0, 0.05) is 12.4 Å². The van der Waals surface area contributed by atoms with Crippen molar-refractivity contribution >= 4 is 0 Å². The predicted molar refractivity (Wildman–Crippen MR) is 73.5 cm³/mol. The highest BCUT2D eigenvalue weighted by Gasteiger charge is 2.43. The molecule has 1 fully saturated rings. The molecule has 1 saturated heterocycles. The van der Waals surface area contributed by atoms with Gasteiger partial charge in [0.1, 0.15) is 18.3 Å². The molecule has 2 aromatic rings. The van der Waals surface area contributed by atoms with Gasteiger partial charge < -0.3 is 20.1 Å². The first kappa shape index (κ1) is 15.6. The summed E-state index contributed by atoms with van der Waals surface area (Å²) in [6.45, 7) is -0.455. The molecule has 11 heteroatoms. The second kappa shape index (κ2) is 6.04. The Morgan fingerprint density at radius 2 is 2.09 bits per heavy atom. The standard InChI is InChI=1S/C12H15N5O6/c18-5-7-8(19)9(20)11(23-7)17-4-6(10(21)14-12(17)22)3-16-2-1-13-15-16/h1-2,4,7-9,11,18-20H,3,5H2,(H,14,21,22). The van der Waals surface area contributed by atoms with Crippen LogP contribution >= 0.6 is 0 Å². The molecule has 23 heavy (non-hydrogen) atoms. The number of H-pyrrole nitrogens is 1. The van der Waals surface area contributed by atoms with Crippen LogP contribution in [0, 0.1) is 0 Å². The highest BCUT2D eigenvalue weighted by atomic mass is 16.6. The molecule has 124 valence electrons. The maximum Gasteiger partial charge on any atom is 0.330 e. The molecule has 4 unspecified atom stereocenters. The molecule has 3 heterocycles. The maximum atomic E-state index is 12.0. The summed E-state index contributed by atoms with van der Waals surface area (Å²) in [7, 11) is 0. The first-order valence-corrected chi connectivity index (χ1v) is 6.82. The number of aromatic amines is 1. The maximum absolute atomic E-state index is 12.0. The van der Waals surface area contributed by atoms with Crippen LogP contribution in [0.3, 0.4) is 0 Å². The molecule has 1 aliphatic rings. The summed E-state index contributed by atoms with van der Waals surface area (Å²) < 4.78 is 7.64. The number of nitrogens with zero attached hydrogens (tertiary/aromatic N) is 4. The first-order chi connectivity index (χ1) is 11.0. The molecule has 0 bridgehead atoms. The monoisotopic (exact) mass is 325 g/mol. The number of nitrogens with one attached hydrogen (secondary N) is 1. The van der Waals surface area contributed by atoms with Crippen LogP contribution in [0.5, 0.6) is 0 Å². The molecule has 0 saturated carbocycles. The van der Waals surface area contributed by atoms with Crippen LogP contribution in [0.4, 0.5) is 0 Å². The number of ether oxygens (including phenoxy) is 1. The summed E-state index contributed by atoms with van der Waals surface area (Å²) in [6, 6.07) is 0. The van der Waals surface area contributed by atoms with Crippen molar-refractivity contribution in [1.82, 2.24) is 24.5 Å². The van der Waals surface area contributed by atoms with Crippen molar-refractivity contribution < 1.29 is 20.1 Å². The van der Waals surface area contributed by atoms with Crippen molar-refractivity contribution in [2.45, 2.75) is 31.1 Å². The first-order valence-electron chi connectivity index (χ1n) is 6.82. The zero-order valence-corrected chi connectivity index (χ0v) is 11.8. The van der Waals surface area contributed by atoms with Crippen molar-refractivity contribution in [3.05, 3.63) is 45.0 Å². The number of hydrogen-bond donors (Lipinski definition) is 4. The Kier molecular flexibility index (Phi) is 4.09. The van der Waals surface area contributed by atoms with E-state index in [2.05, 4.69) is 15.3 Å². The van der Waals surface area contributed by atoms with Gasteiger partial charge in [-0.15, -0.1) is 5.10 Å². The van der Waals surface area contributed by atoms with Crippen LogP contribution in [-0.4, -0.2) is 64.8 Å². The molecule has 0 aliphatic carbocycles. The van der Waals surface area contributed by atoms with Crippen LogP contribution in [0.15, 0.2) is 28.2 Å². The van der Waals surface area contributed by atoms with Gasteiger partial charge in [-0.05, 0) is 0 Å². The largest absolute Gasteiger partial charge is 0.394 e. The molecular weight excluding hydrogens is 310 g/mol. The quantitative estimate of drug-likeness (QED) is 0.458. The average molecular weight is 325 g/mol. The summed E-state index contributed by atoms with van der Waals surface area (Å²) in [4.78, 5) is 26.0. The summed E-state index contributed by atoms with van der Waals surface area (Å²) in [5, 5.41) is 36.2. The second-order valence-electron chi connectivity index (χ2n) is 5.15. The molecule has 1 aliphatic heterocycles. The minimum atomic E-state index is -1.42. The molecule has 0 aromatic carbocycles. The minimum absolute atomic E-state index is 0.0599. The molecular formula is C12H15N5O6. The lowest BCUT2D eigenvalue weighted by Gasteiger charge is -2.17. The highest BCUT2D eigenvalue weighted by Crippen LogP contribution is 2.27. The molecule has 0 amide bonds. The zero-order valence-electron chi connectivity index (χ0n) is 11.8. The Balaban J connectivity index is 1.96. The van der Waals surface area contributed by atoms with Crippen molar-refractivity contribution in [3.63, 3.8) is 0 Å². The highest BCUT2D eigenvalue weighted by molar-refractivity contribution is 5.06. The van der Waals surface area contributed by atoms with Crippen LogP contribution < -0.4 is 11.2 Å². The van der Waals surface area contributed by atoms with Crippen LogP contribution in [-0.2, 0) is 11.3 Å². The molecule has 0 spiro atoms. The van der Waals surface area contributed by atoms with Gasteiger partial charge in [0.2, 0.25) is 0 Å². The second-order valence-corrected chi connectivity index (χ2v) is 5.15. The molecule has 3 rings (SSSR count). The Morgan fingerprint density at radius 1 is 1.30 bits per heavy atom. The van der Waals surface area contributed by atoms with E-state index in [1.807, 2.05) is 0 Å². The van der Waals surface area contributed by atoms with Gasteiger partial charge in [0.25, 0.3) is 5.56 Å². The lowest BCUT2D eigenvalue weighted by Crippen LogP contribution is -2.39. The number of aliphatic hydroxyl groups is 3. The van der Waals surface area contributed by atoms with Gasteiger partial charge in [0.15, 0.2) is 6.23 Å². The number of rotatable bonds is 4. The van der Waals surface area contributed by atoms with Gasteiger partial charge in [-0.1, -0.05) is 5.21 Å². The summed E-state index contributed by atoms with van der Waals surface area (Å²) in [5.41, 5.74) is -1.21. The third-order valence-electron chi connectivity index (χ3n) is 3.64. The van der Waals surface area contributed by atoms with Gasteiger partial charge in [0.05, 0.1) is 24.9 Å². The van der Waals surface area contributed by atoms with E-state index in [0.717, 1.165) is 4.57 Å². The fourth-order valence-electron chi connectivity index (χ4n) is 2.43. The minimum Gasteiger partial charge on any atom is -0.394 e. The van der Waals surface area contributed by atoms with E-state index in [0.29, 0.717) is 0 Å². The zero-order chi connectivity index (χ0) is 16.6. The van der Waals surface area contributed by atoms with E-state index in [-0.39, 0.29) is 12.1 Å². The van der Waals surface area contributed by atoms with Gasteiger partial charge in [-0.25, -0.2) is 9.48 Å². The van der Waals surface area contributed by atoms with Gasteiger partial charge in [-0.3, -0.25) is 14.3 Å². The summed E-state index contributed by atoms with van der Waals surface area (Å²) >= 11 is 0. The van der Waals surface area contributed by atoms with Crippen LogP contribution in [0.25, 0.3) is 0 Å². The molecule has 4 atom stereocenters. The van der Waals surface area contributed by atoms with E-state index in [4.69, 9.17) is 9.84 Å². The molecule has 2 aromatic heterocycles.